The highest BCUT2D eigenvalue weighted by atomic mass is 19.1. The first kappa shape index (κ1) is 19.0. The molecule has 0 saturated heterocycles. The highest BCUT2D eigenvalue weighted by Crippen LogP contribution is 2.47. The third-order valence-electron chi connectivity index (χ3n) is 6.05. The van der Waals surface area contributed by atoms with Crippen LogP contribution in [-0.4, -0.2) is 36.9 Å². The summed E-state index contributed by atoms with van der Waals surface area (Å²) in [6.45, 7) is 0. The molecule has 32 heavy (non-hydrogen) atoms. The van der Waals surface area contributed by atoms with E-state index < -0.39 is 5.82 Å². The number of aromatic nitrogens is 5. The summed E-state index contributed by atoms with van der Waals surface area (Å²) in [6, 6.07) is 8.67. The molecule has 4 aromatic rings. The first-order valence-electron chi connectivity index (χ1n) is 10.8. The van der Waals surface area contributed by atoms with Gasteiger partial charge in [-0.3, -0.25) is 9.89 Å². The van der Waals surface area contributed by atoms with Crippen LogP contribution in [0.25, 0.3) is 22.3 Å². The number of aromatic amines is 1. The maximum Gasteiger partial charge on any atom is 0.254 e. The average Bonchev–Trinajstić information content (AvgIpc) is 3.69. The van der Waals surface area contributed by atoms with E-state index in [1.165, 1.54) is 17.7 Å². The van der Waals surface area contributed by atoms with Gasteiger partial charge in [-0.15, -0.1) is 5.10 Å². The molecular weight excluding hydrogens is 409 g/mol. The van der Waals surface area contributed by atoms with Crippen LogP contribution >= 0.6 is 0 Å². The SMILES string of the molecule is Cn1nc(-c2ccc(C(=O)NC3CC3)c(F)c2)nc1Nc1ccc2[nH]ncc2c1C1CC1. The monoisotopic (exact) mass is 431 g/mol. The van der Waals surface area contributed by atoms with Crippen molar-refractivity contribution in [3.8, 4) is 11.4 Å². The normalized spacial score (nSPS) is 15.8. The number of rotatable bonds is 6. The number of anilines is 2. The molecule has 2 aromatic heterocycles. The fourth-order valence-corrected chi connectivity index (χ4v) is 4.03. The highest BCUT2D eigenvalue weighted by molar-refractivity contribution is 5.95. The second kappa shape index (κ2) is 7.15. The van der Waals surface area contributed by atoms with Crippen molar-refractivity contribution in [3.63, 3.8) is 0 Å². The molecule has 2 aliphatic rings. The Bertz CT molecular complexity index is 1350. The Morgan fingerprint density at radius 2 is 2.03 bits per heavy atom. The van der Waals surface area contributed by atoms with E-state index in [9.17, 15) is 9.18 Å². The molecule has 2 saturated carbocycles. The maximum absolute atomic E-state index is 14.6. The highest BCUT2D eigenvalue weighted by Gasteiger charge is 2.29. The summed E-state index contributed by atoms with van der Waals surface area (Å²) in [7, 11) is 1.79. The Morgan fingerprint density at radius 3 is 2.78 bits per heavy atom. The number of amides is 1. The lowest BCUT2D eigenvalue weighted by Gasteiger charge is -2.11. The Labute approximate surface area is 183 Å². The molecule has 2 fully saturated rings. The number of benzene rings is 2. The third-order valence-corrected chi connectivity index (χ3v) is 6.05. The number of hydrogen-bond acceptors (Lipinski definition) is 5. The minimum absolute atomic E-state index is 0.0393. The van der Waals surface area contributed by atoms with Crippen LogP contribution in [0.15, 0.2) is 36.5 Å². The van der Waals surface area contributed by atoms with Gasteiger partial charge in [-0.1, -0.05) is 6.07 Å². The zero-order valence-electron chi connectivity index (χ0n) is 17.5. The van der Waals surface area contributed by atoms with Gasteiger partial charge in [0.25, 0.3) is 5.91 Å². The first-order chi connectivity index (χ1) is 15.6. The molecule has 0 aliphatic heterocycles. The van der Waals surface area contributed by atoms with Crippen LogP contribution in [0.2, 0.25) is 0 Å². The van der Waals surface area contributed by atoms with Gasteiger partial charge in [0, 0.05) is 29.7 Å². The smallest absolute Gasteiger partial charge is 0.254 e. The Morgan fingerprint density at radius 1 is 1.19 bits per heavy atom. The van der Waals surface area contributed by atoms with Crippen LogP contribution in [0.1, 0.15) is 47.5 Å². The molecule has 162 valence electrons. The number of carbonyl (C=O) groups is 1. The van der Waals surface area contributed by atoms with Crippen molar-refractivity contribution in [3.05, 3.63) is 53.5 Å². The lowest BCUT2D eigenvalue weighted by atomic mass is 10.0. The van der Waals surface area contributed by atoms with Crippen molar-refractivity contribution in [2.24, 2.45) is 7.05 Å². The minimum atomic E-state index is -0.580. The van der Waals surface area contributed by atoms with Gasteiger partial charge in [-0.2, -0.15) is 10.1 Å². The van der Waals surface area contributed by atoms with Crippen molar-refractivity contribution in [2.75, 3.05) is 5.32 Å². The molecule has 2 aliphatic carbocycles. The van der Waals surface area contributed by atoms with Gasteiger partial charge in [0.1, 0.15) is 5.82 Å². The number of halogens is 1. The Hall–Kier alpha value is -3.75. The second-order valence-corrected chi connectivity index (χ2v) is 8.58. The number of aryl methyl sites for hydroxylation is 1. The fourth-order valence-electron chi connectivity index (χ4n) is 4.03. The molecule has 0 unspecified atom stereocenters. The second-order valence-electron chi connectivity index (χ2n) is 8.58. The van der Waals surface area contributed by atoms with E-state index >= 15 is 0 Å². The van der Waals surface area contributed by atoms with E-state index in [1.807, 2.05) is 18.3 Å². The number of hydrogen-bond donors (Lipinski definition) is 3. The summed E-state index contributed by atoms with van der Waals surface area (Å²) in [4.78, 5) is 16.8. The summed E-state index contributed by atoms with van der Waals surface area (Å²) in [5.74, 6) is 0.496. The van der Waals surface area contributed by atoms with Crippen LogP contribution in [0.4, 0.5) is 16.0 Å². The molecule has 0 spiro atoms. The van der Waals surface area contributed by atoms with E-state index in [2.05, 4.69) is 30.9 Å². The van der Waals surface area contributed by atoms with Gasteiger partial charge in [0.2, 0.25) is 5.95 Å². The Kier molecular flexibility index (Phi) is 4.24. The van der Waals surface area contributed by atoms with Crippen LogP contribution in [-0.2, 0) is 7.05 Å². The van der Waals surface area contributed by atoms with Crippen LogP contribution in [0.3, 0.4) is 0 Å². The van der Waals surface area contributed by atoms with Crippen molar-refractivity contribution in [1.29, 1.82) is 0 Å². The summed E-state index contributed by atoms with van der Waals surface area (Å²) in [5, 5.41) is 19.0. The maximum atomic E-state index is 14.6. The predicted molar refractivity (Wildman–Crippen MR) is 118 cm³/mol. The molecule has 0 bridgehead atoms. The molecule has 0 radical (unpaired) electrons. The van der Waals surface area contributed by atoms with Gasteiger partial charge in [0.15, 0.2) is 5.82 Å². The van der Waals surface area contributed by atoms with Gasteiger partial charge >= 0.3 is 0 Å². The standard InChI is InChI=1S/C23H22FN7O/c1-31-23(27-19-9-8-18-16(11-25-29-18)20(19)12-2-3-12)28-21(30-31)13-4-7-15(17(24)10-13)22(32)26-14-5-6-14/h4,7-12,14H,2-3,5-6H2,1H3,(H,25,29)(H,26,32)(H,27,28,30). The average molecular weight is 431 g/mol. The zero-order chi connectivity index (χ0) is 21.8. The van der Waals surface area contributed by atoms with E-state index in [4.69, 9.17) is 0 Å². The Balaban J connectivity index is 1.29. The van der Waals surface area contributed by atoms with Crippen molar-refractivity contribution < 1.29 is 9.18 Å². The first-order valence-corrected chi connectivity index (χ1v) is 10.8. The number of carbonyl (C=O) groups excluding carboxylic acids is 1. The summed E-state index contributed by atoms with van der Waals surface area (Å²) in [6.07, 6.45) is 6.08. The lowest BCUT2D eigenvalue weighted by molar-refractivity contribution is 0.0947. The number of H-pyrrole nitrogens is 1. The molecule has 2 aromatic carbocycles. The van der Waals surface area contributed by atoms with Crippen LogP contribution in [0, 0.1) is 5.82 Å². The van der Waals surface area contributed by atoms with E-state index in [0.29, 0.717) is 23.3 Å². The number of fused-ring (bicyclic) bond motifs is 1. The topological polar surface area (TPSA) is 101 Å². The summed E-state index contributed by atoms with van der Waals surface area (Å²) < 4.78 is 16.3. The third kappa shape index (κ3) is 3.39. The molecular formula is C23H22FN7O. The van der Waals surface area contributed by atoms with E-state index in [1.54, 1.807) is 17.8 Å². The van der Waals surface area contributed by atoms with E-state index in [0.717, 1.165) is 42.3 Å². The van der Waals surface area contributed by atoms with Crippen molar-refractivity contribution in [1.82, 2.24) is 30.3 Å². The quantitative estimate of drug-likeness (QED) is 0.428. The molecule has 9 heteroatoms. The lowest BCUT2D eigenvalue weighted by Crippen LogP contribution is -2.26. The largest absolute Gasteiger partial charge is 0.349 e. The van der Waals surface area contributed by atoms with Crippen LogP contribution < -0.4 is 10.6 Å². The molecule has 1 amide bonds. The summed E-state index contributed by atoms with van der Waals surface area (Å²) in [5.41, 5.74) is 3.77. The van der Waals surface area contributed by atoms with Crippen LogP contribution in [0.5, 0.6) is 0 Å². The van der Waals surface area contributed by atoms with Crippen molar-refractivity contribution in [2.45, 2.75) is 37.6 Å². The van der Waals surface area contributed by atoms with Gasteiger partial charge < -0.3 is 10.6 Å². The fraction of sp³-hybridized carbons (Fsp3) is 0.304. The van der Waals surface area contributed by atoms with Gasteiger partial charge in [0.05, 0.1) is 17.3 Å². The van der Waals surface area contributed by atoms with Crippen molar-refractivity contribution >= 4 is 28.4 Å². The number of nitrogens with one attached hydrogen (secondary N) is 3. The zero-order valence-corrected chi connectivity index (χ0v) is 17.5. The minimum Gasteiger partial charge on any atom is -0.349 e. The molecule has 8 nitrogen and oxygen atoms in total. The predicted octanol–water partition coefficient (Wildman–Crippen LogP) is 4.01. The molecule has 6 rings (SSSR count). The van der Waals surface area contributed by atoms with Gasteiger partial charge in [-0.05, 0) is 61.4 Å². The van der Waals surface area contributed by atoms with Gasteiger partial charge in [-0.25, -0.2) is 9.07 Å². The molecule has 0 atom stereocenters. The molecule has 3 N–H and O–H groups in total. The van der Waals surface area contributed by atoms with E-state index in [-0.39, 0.29) is 17.5 Å². The number of nitrogens with zero attached hydrogens (tertiary/aromatic N) is 4. The molecule has 2 heterocycles. The summed E-state index contributed by atoms with van der Waals surface area (Å²) >= 11 is 0.